The Morgan fingerprint density at radius 2 is 1.62 bits per heavy atom. The van der Waals surface area contributed by atoms with Crippen LogP contribution in [-0.4, -0.2) is 5.11 Å². The maximum atomic E-state index is 9.90. The molecule has 0 saturated heterocycles. The maximum absolute atomic E-state index is 9.90. The Kier molecular flexibility index (Phi) is 4.52. The van der Waals surface area contributed by atoms with E-state index in [0.29, 0.717) is 16.0 Å². The first-order valence-corrected chi connectivity index (χ1v) is 6.36. The Labute approximate surface area is 107 Å². The molecule has 3 heteroatoms. The molecule has 0 aliphatic rings. The number of phenols is 1. The van der Waals surface area contributed by atoms with Gasteiger partial charge in [-0.1, -0.05) is 57.0 Å². The first kappa shape index (κ1) is 13.7. The zero-order valence-electron chi connectivity index (χ0n) is 10.1. The third kappa shape index (κ3) is 2.46. The Bertz CT molecular complexity index is 386. The molecule has 1 unspecified atom stereocenters. The fourth-order valence-corrected chi connectivity index (χ4v) is 2.41. The van der Waals surface area contributed by atoms with Crippen molar-refractivity contribution in [2.45, 2.75) is 46.0 Å². The normalized spacial score (nSPS) is 13.2. The van der Waals surface area contributed by atoms with Crippen molar-refractivity contribution in [3.63, 3.8) is 0 Å². The minimum atomic E-state index is 0.0184. The molecule has 0 spiro atoms. The van der Waals surface area contributed by atoms with Crippen LogP contribution in [0.3, 0.4) is 0 Å². The van der Waals surface area contributed by atoms with Gasteiger partial charge in [0.25, 0.3) is 0 Å². The number of aromatic hydroxyl groups is 1. The molecule has 0 heterocycles. The lowest BCUT2D eigenvalue weighted by molar-refractivity contribution is 0.473. The minimum absolute atomic E-state index is 0.0184. The Morgan fingerprint density at radius 3 is 2.06 bits per heavy atom. The second kappa shape index (κ2) is 5.29. The lowest BCUT2D eigenvalue weighted by Gasteiger charge is -2.18. The van der Waals surface area contributed by atoms with E-state index >= 15 is 0 Å². The molecular formula is C13H18Cl2O. The van der Waals surface area contributed by atoms with E-state index in [4.69, 9.17) is 23.2 Å². The molecule has 1 N–H and O–H groups in total. The van der Waals surface area contributed by atoms with Crippen LogP contribution in [0, 0.1) is 0 Å². The van der Waals surface area contributed by atoms with Crippen molar-refractivity contribution >= 4 is 23.2 Å². The van der Waals surface area contributed by atoms with Crippen LogP contribution in [0.15, 0.2) is 6.07 Å². The first-order valence-electron chi connectivity index (χ1n) is 5.60. The molecule has 1 aromatic rings. The topological polar surface area (TPSA) is 20.2 Å². The van der Waals surface area contributed by atoms with Gasteiger partial charge in [0.1, 0.15) is 0 Å². The van der Waals surface area contributed by atoms with Gasteiger partial charge in [-0.3, -0.25) is 0 Å². The average Bonchev–Trinajstić information content (AvgIpc) is 2.25. The molecule has 0 amide bonds. The quantitative estimate of drug-likeness (QED) is 0.779. The lowest BCUT2D eigenvalue weighted by Crippen LogP contribution is -1.98. The summed E-state index contributed by atoms with van der Waals surface area (Å²) in [6.45, 7) is 8.30. The van der Waals surface area contributed by atoms with E-state index in [1.165, 1.54) is 0 Å². The summed E-state index contributed by atoms with van der Waals surface area (Å²) in [7, 11) is 0. The monoisotopic (exact) mass is 260 g/mol. The van der Waals surface area contributed by atoms with Crippen LogP contribution in [0.4, 0.5) is 0 Å². The summed E-state index contributed by atoms with van der Waals surface area (Å²) < 4.78 is 0. The number of rotatable bonds is 3. The SMILES string of the molecule is CCC(C)c1cc(C(C)C)c(Cl)c(O)c1Cl. The largest absolute Gasteiger partial charge is 0.505 e. The second-order valence-corrected chi connectivity index (χ2v) is 5.25. The van der Waals surface area contributed by atoms with Gasteiger partial charge in [0.2, 0.25) is 0 Å². The van der Waals surface area contributed by atoms with Crippen LogP contribution in [0.25, 0.3) is 0 Å². The molecule has 1 aromatic carbocycles. The highest BCUT2D eigenvalue weighted by atomic mass is 35.5. The van der Waals surface area contributed by atoms with Crippen LogP contribution >= 0.6 is 23.2 Å². The molecule has 0 aromatic heterocycles. The van der Waals surface area contributed by atoms with Crippen molar-refractivity contribution in [1.29, 1.82) is 0 Å². The van der Waals surface area contributed by atoms with Gasteiger partial charge in [0.05, 0.1) is 10.0 Å². The summed E-state index contributed by atoms with van der Waals surface area (Å²) in [6.07, 6.45) is 0.984. The maximum Gasteiger partial charge on any atom is 0.153 e. The number of hydrogen-bond donors (Lipinski definition) is 1. The van der Waals surface area contributed by atoms with Gasteiger partial charge in [0.15, 0.2) is 5.75 Å². The molecule has 0 bridgehead atoms. The number of benzene rings is 1. The van der Waals surface area contributed by atoms with Gasteiger partial charge in [0, 0.05) is 0 Å². The number of halogens is 2. The molecule has 1 nitrogen and oxygen atoms in total. The summed E-state index contributed by atoms with van der Waals surface area (Å²) in [6, 6.07) is 2.02. The summed E-state index contributed by atoms with van der Waals surface area (Å²) in [4.78, 5) is 0. The zero-order chi connectivity index (χ0) is 12.5. The Balaban J connectivity index is 3.41. The Hall–Kier alpha value is -0.400. The molecule has 0 fully saturated rings. The molecule has 0 aliphatic heterocycles. The highest BCUT2D eigenvalue weighted by molar-refractivity contribution is 6.38. The van der Waals surface area contributed by atoms with Crippen LogP contribution in [0.1, 0.15) is 57.1 Å². The van der Waals surface area contributed by atoms with Crippen LogP contribution < -0.4 is 0 Å². The second-order valence-electron chi connectivity index (χ2n) is 4.50. The summed E-state index contributed by atoms with van der Waals surface area (Å²) >= 11 is 12.2. The van der Waals surface area contributed by atoms with E-state index in [9.17, 15) is 5.11 Å². The number of hydrogen-bond acceptors (Lipinski definition) is 1. The third-order valence-corrected chi connectivity index (χ3v) is 3.79. The summed E-state index contributed by atoms with van der Waals surface area (Å²) in [5.74, 6) is 0.622. The van der Waals surface area contributed by atoms with E-state index in [1.807, 2.05) is 6.07 Å². The third-order valence-electron chi connectivity index (χ3n) is 3.00. The van der Waals surface area contributed by atoms with Crippen molar-refractivity contribution < 1.29 is 5.11 Å². The predicted molar refractivity (Wildman–Crippen MR) is 70.9 cm³/mol. The van der Waals surface area contributed by atoms with E-state index in [1.54, 1.807) is 0 Å². The van der Waals surface area contributed by atoms with Gasteiger partial charge in [-0.15, -0.1) is 0 Å². The Morgan fingerprint density at radius 1 is 1.12 bits per heavy atom. The fraction of sp³-hybridized carbons (Fsp3) is 0.538. The number of phenolic OH excluding ortho intramolecular Hbond substituents is 1. The van der Waals surface area contributed by atoms with Crippen molar-refractivity contribution in [1.82, 2.24) is 0 Å². The van der Waals surface area contributed by atoms with Crippen molar-refractivity contribution in [2.75, 3.05) is 0 Å². The van der Waals surface area contributed by atoms with Gasteiger partial charge in [-0.05, 0) is 29.4 Å². The molecule has 0 radical (unpaired) electrons. The van der Waals surface area contributed by atoms with Crippen LogP contribution in [-0.2, 0) is 0 Å². The van der Waals surface area contributed by atoms with E-state index in [2.05, 4.69) is 27.7 Å². The lowest BCUT2D eigenvalue weighted by atomic mass is 9.93. The molecule has 90 valence electrons. The van der Waals surface area contributed by atoms with Crippen LogP contribution in [0.2, 0.25) is 10.0 Å². The van der Waals surface area contributed by atoms with E-state index in [-0.39, 0.29) is 11.7 Å². The average molecular weight is 261 g/mol. The minimum Gasteiger partial charge on any atom is -0.505 e. The molecular weight excluding hydrogens is 243 g/mol. The summed E-state index contributed by atoms with van der Waals surface area (Å²) in [5, 5.41) is 10.7. The summed E-state index contributed by atoms with van der Waals surface area (Å²) in [5.41, 5.74) is 1.94. The molecule has 0 saturated carbocycles. The highest BCUT2D eigenvalue weighted by Crippen LogP contribution is 2.42. The molecule has 1 rings (SSSR count). The van der Waals surface area contributed by atoms with Gasteiger partial charge < -0.3 is 5.11 Å². The fourth-order valence-electron chi connectivity index (χ4n) is 1.66. The van der Waals surface area contributed by atoms with E-state index < -0.39 is 0 Å². The predicted octanol–water partition coefficient (Wildman–Crippen LogP) is 5.34. The molecule has 0 aliphatic carbocycles. The first-order chi connectivity index (χ1) is 7.40. The van der Waals surface area contributed by atoms with Crippen molar-refractivity contribution in [3.05, 3.63) is 27.2 Å². The zero-order valence-corrected chi connectivity index (χ0v) is 11.7. The van der Waals surface area contributed by atoms with Crippen molar-refractivity contribution in [3.8, 4) is 5.75 Å². The standard InChI is InChI=1S/C13H18Cl2O/c1-5-8(4)10-6-9(7(2)3)11(14)13(16)12(10)15/h6-8,16H,5H2,1-4H3. The van der Waals surface area contributed by atoms with Gasteiger partial charge in [-0.2, -0.15) is 0 Å². The highest BCUT2D eigenvalue weighted by Gasteiger charge is 2.19. The molecule has 16 heavy (non-hydrogen) atoms. The van der Waals surface area contributed by atoms with Crippen molar-refractivity contribution in [2.24, 2.45) is 0 Å². The van der Waals surface area contributed by atoms with Gasteiger partial charge in [-0.25, -0.2) is 0 Å². The van der Waals surface area contributed by atoms with E-state index in [0.717, 1.165) is 17.5 Å². The van der Waals surface area contributed by atoms with Gasteiger partial charge >= 0.3 is 0 Å². The molecule has 1 atom stereocenters. The smallest absolute Gasteiger partial charge is 0.153 e. The van der Waals surface area contributed by atoms with Crippen LogP contribution in [0.5, 0.6) is 5.75 Å².